The Hall–Kier alpha value is -4.20. The van der Waals surface area contributed by atoms with Crippen LogP contribution in [0.1, 0.15) is 11.1 Å². The number of aryl methyl sites for hydroxylation is 1. The molecule has 0 spiro atoms. The van der Waals surface area contributed by atoms with Gasteiger partial charge < -0.3 is 14.3 Å². The van der Waals surface area contributed by atoms with Crippen LogP contribution in [0.3, 0.4) is 0 Å². The molecule has 0 atom stereocenters. The van der Waals surface area contributed by atoms with Crippen molar-refractivity contribution < 1.29 is 19.2 Å². The molecule has 0 saturated heterocycles. The van der Waals surface area contributed by atoms with E-state index in [0.717, 1.165) is 17.2 Å². The Bertz CT molecular complexity index is 1280. The van der Waals surface area contributed by atoms with Crippen LogP contribution < -0.4 is 4.74 Å². The summed E-state index contributed by atoms with van der Waals surface area (Å²) in [6.45, 7) is 2.01. The lowest BCUT2D eigenvalue weighted by molar-refractivity contribution is -0.385. The second kappa shape index (κ2) is 7.67. The van der Waals surface area contributed by atoms with Crippen LogP contribution >= 0.6 is 0 Å². The molecule has 0 bridgehead atoms. The number of hydrogen-bond donors (Lipinski definition) is 1. The normalized spacial score (nSPS) is 11.3. The number of nitrogens with zero attached hydrogens (tertiary/aromatic N) is 3. The zero-order valence-corrected chi connectivity index (χ0v) is 16.2. The standard InChI is InChI=1S/C22H17N3O5/c1-13-3-5-14(6-4-13)22-24-18-8-7-16(10-19(18)30-22)23-12-15-9-17(25(27)28)11-20(29-2)21(15)26/h3-12,26H,1-2H3. The molecule has 8 heteroatoms. The maximum atomic E-state index is 11.1. The first kappa shape index (κ1) is 19.1. The fraction of sp³-hybridized carbons (Fsp3) is 0.0909. The quantitative estimate of drug-likeness (QED) is 0.279. The molecular formula is C22H17N3O5. The van der Waals surface area contributed by atoms with Gasteiger partial charge in [-0.1, -0.05) is 17.7 Å². The molecule has 0 amide bonds. The predicted octanol–water partition coefficient (Wildman–Crippen LogP) is 5.18. The van der Waals surface area contributed by atoms with Crippen LogP contribution in [0, 0.1) is 17.0 Å². The van der Waals surface area contributed by atoms with Gasteiger partial charge in [-0.15, -0.1) is 0 Å². The van der Waals surface area contributed by atoms with Crippen molar-refractivity contribution in [1.82, 2.24) is 4.98 Å². The van der Waals surface area contributed by atoms with E-state index >= 15 is 0 Å². The number of ether oxygens (including phenoxy) is 1. The minimum atomic E-state index is -0.563. The lowest BCUT2D eigenvalue weighted by atomic mass is 10.1. The molecule has 0 fully saturated rings. The van der Waals surface area contributed by atoms with Crippen molar-refractivity contribution >= 4 is 28.7 Å². The van der Waals surface area contributed by atoms with Crippen molar-refractivity contribution in [2.24, 2.45) is 4.99 Å². The summed E-state index contributed by atoms with van der Waals surface area (Å²) in [5.74, 6) is 0.278. The first-order valence-electron chi connectivity index (χ1n) is 9.01. The van der Waals surface area contributed by atoms with E-state index in [1.165, 1.54) is 19.4 Å². The molecule has 3 aromatic carbocycles. The fourth-order valence-corrected chi connectivity index (χ4v) is 2.93. The van der Waals surface area contributed by atoms with E-state index in [0.29, 0.717) is 22.7 Å². The number of phenolic OH excluding ortho intramolecular Hbond substituents is 1. The van der Waals surface area contributed by atoms with Crippen molar-refractivity contribution in [3.8, 4) is 23.0 Å². The van der Waals surface area contributed by atoms with Crippen LogP contribution in [0.2, 0.25) is 0 Å². The van der Waals surface area contributed by atoms with Gasteiger partial charge in [-0.2, -0.15) is 0 Å². The summed E-state index contributed by atoms with van der Waals surface area (Å²) in [7, 11) is 1.32. The Kier molecular flexibility index (Phi) is 4.89. The molecule has 0 radical (unpaired) electrons. The molecule has 4 rings (SSSR count). The summed E-state index contributed by atoms with van der Waals surface area (Å²) < 4.78 is 10.9. The van der Waals surface area contributed by atoms with Gasteiger partial charge in [0.15, 0.2) is 17.1 Å². The topological polar surface area (TPSA) is 111 Å². The SMILES string of the molecule is COc1cc([N+](=O)[O-])cc(C=Nc2ccc3nc(-c4ccc(C)cc4)oc3c2)c1O. The molecule has 150 valence electrons. The van der Waals surface area contributed by atoms with Gasteiger partial charge in [0.1, 0.15) is 5.52 Å². The molecule has 0 aliphatic heterocycles. The number of benzene rings is 3. The minimum Gasteiger partial charge on any atom is -0.504 e. The summed E-state index contributed by atoms with van der Waals surface area (Å²) in [5.41, 5.74) is 3.76. The van der Waals surface area contributed by atoms with Gasteiger partial charge in [0.05, 0.1) is 23.8 Å². The van der Waals surface area contributed by atoms with Gasteiger partial charge in [-0.05, 0) is 31.2 Å². The number of oxazole rings is 1. The minimum absolute atomic E-state index is 0.000855. The van der Waals surface area contributed by atoms with E-state index in [4.69, 9.17) is 9.15 Å². The van der Waals surface area contributed by atoms with E-state index in [2.05, 4.69) is 9.98 Å². The number of nitro groups is 1. The highest BCUT2D eigenvalue weighted by molar-refractivity contribution is 5.89. The number of non-ortho nitro benzene ring substituents is 1. The number of nitro benzene ring substituents is 1. The van der Waals surface area contributed by atoms with Crippen LogP contribution in [0.4, 0.5) is 11.4 Å². The van der Waals surface area contributed by atoms with Gasteiger partial charge in [0.25, 0.3) is 5.69 Å². The first-order valence-corrected chi connectivity index (χ1v) is 9.01. The highest BCUT2D eigenvalue weighted by Gasteiger charge is 2.16. The number of hydrogen-bond acceptors (Lipinski definition) is 7. The maximum absolute atomic E-state index is 11.1. The Morgan fingerprint density at radius 2 is 1.93 bits per heavy atom. The second-order valence-corrected chi connectivity index (χ2v) is 6.64. The van der Waals surface area contributed by atoms with E-state index in [1.807, 2.05) is 31.2 Å². The summed E-state index contributed by atoms with van der Waals surface area (Å²) in [6, 6.07) is 15.5. The number of methoxy groups -OCH3 is 1. The molecule has 0 aliphatic rings. The van der Waals surface area contributed by atoms with Gasteiger partial charge >= 0.3 is 0 Å². The highest BCUT2D eigenvalue weighted by Crippen LogP contribution is 2.34. The highest BCUT2D eigenvalue weighted by atomic mass is 16.6. The number of rotatable bonds is 5. The van der Waals surface area contributed by atoms with Gasteiger partial charge in [-0.25, -0.2) is 4.98 Å². The molecule has 0 saturated carbocycles. The summed E-state index contributed by atoms with van der Waals surface area (Å²) in [6.07, 6.45) is 1.34. The first-order chi connectivity index (χ1) is 14.4. The van der Waals surface area contributed by atoms with Crippen molar-refractivity contribution in [2.45, 2.75) is 6.92 Å². The number of aromatic hydroxyl groups is 1. The van der Waals surface area contributed by atoms with E-state index in [9.17, 15) is 15.2 Å². The lowest BCUT2D eigenvalue weighted by Gasteiger charge is -2.05. The average molecular weight is 403 g/mol. The summed E-state index contributed by atoms with van der Waals surface area (Å²) in [4.78, 5) is 19.3. The molecule has 8 nitrogen and oxygen atoms in total. The smallest absolute Gasteiger partial charge is 0.274 e. The zero-order chi connectivity index (χ0) is 21.3. The van der Waals surface area contributed by atoms with Gasteiger partial charge in [0, 0.05) is 29.5 Å². The molecule has 30 heavy (non-hydrogen) atoms. The number of phenols is 1. The molecular weight excluding hydrogens is 386 g/mol. The third-order valence-electron chi connectivity index (χ3n) is 4.54. The fourth-order valence-electron chi connectivity index (χ4n) is 2.93. The lowest BCUT2D eigenvalue weighted by Crippen LogP contribution is -1.94. The number of aliphatic imine (C=N–C) groups is 1. The zero-order valence-electron chi connectivity index (χ0n) is 16.2. The van der Waals surface area contributed by atoms with Crippen molar-refractivity contribution in [1.29, 1.82) is 0 Å². The Morgan fingerprint density at radius 1 is 1.17 bits per heavy atom. The van der Waals surface area contributed by atoms with Crippen molar-refractivity contribution in [2.75, 3.05) is 7.11 Å². The molecule has 0 aliphatic carbocycles. The van der Waals surface area contributed by atoms with E-state index in [-0.39, 0.29) is 22.7 Å². The van der Waals surface area contributed by atoms with Crippen LogP contribution in [-0.4, -0.2) is 28.3 Å². The van der Waals surface area contributed by atoms with Crippen LogP contribution in [0.5, 0.6) is 11.5 Å². The van der Waals surface area contributed by atoms with Gasteiger partial charge in [0.2, 0.25) is 5.89 Å². The van der Waals surface area contributed by atoms with Gasteiger partial charge in [-0.3, -0.25) is 15.1 Å². The number of aromatic nitrogens is 1. The van der Waals surface area contributed by atoms with Crippen LogP contribution in [-0.2, 0) is 0 Å². The second-order valence-electron chi connectivity index (χ2n) is 6.64. The molecule has 1 heterocycles. The van der Waals surface area contributed by atoms with Crippen LogP contribution in [0.25, 0.3) is 22.6 Å². The molecule has 4 aromatic rings. The Balaban J connectivity index is 1.67. The predicted molar refractivity (Wildman–Crippen MR) is 113 cm³/mol. The summed E-state index contributed by atoms with van der Waals surface area (Å²) >= 11 is 0. The maximum Gasteiger partial charge on any atom is 0.274 e. The monoisotopic (exact) mass is 403 g/mol. The van der Waals surface area contributed by atoms with E-state index < -0.39 is 4.92 Å². The van der Waals surface area contributed by atoms with Crippen molar-refractivity contribution in [3.63, 3.8) is 0 Å². The molecule has 1 aromatic heterocycles. The summed E-state index contributed by atoms with van der Waals surface area (Å²) in [5, 5.41) is 21.3. The van der Waals surface area contributed by atoms with Crippen LogP contribution in [0.15, 0.2) is 64.0 Å². The third kappa shape index (κ3) is 3.70. The average Bonchev–Trinajstić information content (AvgIpc) is 3.16. The molecule has 1 N–H and O–H groups in total. The van der Waals surface area contributed by atoms with Crippen molar-refractivity contribution in [3.05, 3.63) is 75.8 Å². The molecule has 0 unspecified atom stereocenters. The van der Waals surface area contributed by atoms with E-state index in [1.54, 1.807) is 18.2 Å². The number of fused-ring (bicyclic) bond motifs is 1. The Morgan fingerprint density at radius 3 is 2.63 bits per heavy atom. The largest absolute Gasteiger partial charge is 0.504 e. The third-order valence-corrected chi connectivity index (χ3v) is 4.54. The Labute approximate surface area is 171 Å².